The van der Waals surface area contributed by atoms with Crippen LogP contribution in [0.3, 0.4) is 0 Å². The third kappa shape index (κ3) is 2.74. The molecule has 1 aliphatic heterocycles. The predicted molar refractivity (Wildman–Crippen MR) is 98.2 cm³/mol. The van der Waals surface area contributed by atoms with Crippen LogP contribution in [0.2, 0.25) is 0 Å². The summed E-state index contributed by atoms with van der Waals surface area (Å²) in [6, 6.07) is 16.6. The number of amides is 3. The van der Waals surface area contributed by atoms with Gasteiger partial charge in [0.25, 0.3) is 5.91 Å². The molecule has 3 amide bonds. The van der Waals surface area contributed by atoms with Gasteiger partial charge in [-0.1, -0.05) is 48.5 Å². The standard InChI is InChI=1S/C21H21N3O2/c1-14(12-22)13-24-19(25)21(23-20(24)26,17-7-5-4-6-8-17)18-10-9-15(2)16(3)11-18/h4-11,14H,13H2,1-3H3,(H,23,26)/t14-,21+/m0/s1. The maximum absolute atomic E-state index is 13.4. The van der Waals surface area contributed by atoms with E-state index in [-0.39, 0.29) is 12.5 Å². The maximum Gasteiger partial charge on any atom is 0.325 e. The van der Waals surface area contributed by atoms with Gasteiger partial charge < -0.3 is 5.32 Å². The van der Waals surface area contributed by atoms with Crippen molar-refractivity contribution in [1.82, 2.24) is 10.2 Å². The number of urea groups is 1. The lowest BCUT2D eigenvalue weighted by Crippen LogP contribution is -2.45. The second-order valence-corrected chi connectivity index (χ2v) is 6.79. The van der Waals surface area contributed by atoms with Gasteiger partial charge in [0.15, 0.2) is 5.54 Å². The average molecular weight is 347 g/mol. The van der Waals surface area contributed by atoms with Crippen molar-refractivity contribution in [3.05, 3.63) is 70.8 Å². The van der Waals surface area contributed by atoms with E-state index in [1.54, 1.807) is 6.92 Å². The average Bonchev–Trinajstić information content (AvgIpc) is 2.90. The van der Waals surface area contributed by atoms with E-state index in [0.29, 0.717) is 5.56 Å². The number of benzene rings is 2. The fraction of sp³-hybridized carbons (Fsp3) is 0.286. The van der Waals surface area contributed by atoms with Gasteiger partial charge in [0.1, 0.15) is 0 Å². The summed E-state index contributed by atoms with van der Waals surface area (Å²) < 4.78 is 0. The van der Waals surface area contributed by atoms with E-state index in [0.717, 1.165) is 21.6 Å². The topological polar surface area (TPSA) is 73.2 Å². The molecule has 1 saturated heterocycles. The Morgan fingerprint density at radius 1 is 1.08 bits per heavy atom. The first-order chi connectivity index (χ1) is 12.4. The predicted octanol–water partition coefficient (Wildman–Crippen LogP) is 3.26. The Labute approximate surface area is 153 Å². The van der Waals surface area contributed by atoms with E-state index in [9.17, 15) is 9.59 Å². The molecule has 5 heteroatoms. The Morgan fingerprint density at radius 2 is 1.77 bits per heavy atom. The van der Waals surface area contributed by atoms with E-state index < -0.39 is 17.5 Å². The van der Waals surface area contributed by atoms with Crippen LogP contribution in [-0.2, 0) is 10.3 Å². The summed E-state index contributed by atoms with van der Waals surface area (Å²) in [6.45, 7) is 5.75. The molecule has 1 aliphatic rings. The summed E-state index contributed by atoms with van der Waals surface area (Å²) in [7, 11) is 0. The minimum Gasteiger partial charge on any atom is -0.315 e. The van der Waals surface area contributed by atoms with Crippen molar-refractivity contribution in [2.75, 3.05) is 6.54 Å². The minimum absolute atomic E-state index is 0.0700. The largest absolute Gasteiger partial charge is 0.325 e. The molecule has 0 aromatic heterocycles. The number of carbonyl (C=O) groups is 2. The first-order valence-electron chi connectivity index (χ1n) is 8.57. The second-order valence-electron chi connectivity index (χ2n) is 6.79. The van der Waals surface area contributed by atoms with Gasteiger partial charge in [-0.3, -0.25) is 9.69 Å². The van der Waals surface area contributed by atoms with Gasteiger partial charge in [-0.15, -0.1) is 0 Å². The molecule has 1 N–H and O–H groups in total. The van der Waals surface area contributed by atoms with Gasteiger partial charge in [0, 0.05) is 6.54 Å². The lowest BCUT2D eigenvalue weighted by Gasteiger charge is -2.28. The number of nitrogens with one attached hydrogen (secondary N) is 1. The fourth-order valence-electron chi connectivity index (χ4n) is 3.28. The zero-order valence-electron chi connectivity index (χ0n) is 15.1. The number of rotatable bonds is 4. The number of nitrogens with zero attached hydrogens (tertiary/aromatic N) is 2. The van der Waals surface area contributed by atoms with Crippen LogP contribution in [0.15, 0.2) is 48.5 Å². The van der Waals surface area contributed by atoms with Gasteiger partial charge in [0.2, 0.25) is 0 Å². The van der Waals surface area contributed by atoms with Crippen molar-refractivity contribution in [3.63, 3.8) is 0 Å². The highest BCUT2D eigenvalue weighted by Gasteiger charge is 2.53. The SMILES string of the molecule is Cc1ccc([C@@]2(c3ccccc3)NC(=O)N(C[C@@H](C)C#N)C2=O)cc1C. The Hall–Kier alpha value is -3.13. The maximum atomic E-state index is 13.4. The number of imide groups is 1. The van der Waals surface area contributed by atoms with Gasteiger partial charge in [-0.2, -0.15) is 5.26 Å². The van der Waals surface area contributed by atoms with E-state index in [4.69, 9.17) is 5.26 Å². The third-order valence-corrected chi connectivity index (χ3v) is 4.93. The molecule has 2 aromatic carbocycles. The zero-order chi connectivity index (χ0) is 18.9. The molecule has 0 spiro atoms. The van der Waals surface area contributed by atoms with Crippen molar-refractivity contribution >= 4 is 11.9 Å². The molecule has 1 fully saturated rings. The Balaban J connectivity index is 2.17. The van der Waals surface area contributed by atoms with E-state index in [2.05, 4.69) is 11.4 Å². The van der Waals surface area contributed by atoms with Gasteiger partial charge in [-0.25, -0.2) is 4.79 Å². The fourth-order valence-corrected chi connectivity index (χ4v) is 3.28. The van der Waals surface area contributed by atoms with Gasteiger partial charge in [-0.05, 0) is 43.0 Å². The molecule has 132 valence electrons. The summed E-state index contributed by atoms with van der Waals surface area (Å²) in [6.07, 6.45) is 0. The molecule has 2 atom stereocenters. The molecule has 26 heavy (non-hydrogen) atoms. The summed E-state index contributed by atoms with van der Waals surface area (Å²) in [5.74, 6) is -0.782. The zero-order valence-corrected chi connectivity index (χ0v) is 15.1. The summed E-state index contributed by atoms with van der Waals surface area (Å²) >= 11 is 0. The van der Waals surface area contributed by atoms with Crippen LogP contribution < -0.4 is 5.32 Å². The highest BCUT2D eigenvalue weighted by atomic mass is 16.2. The van der Waals surface area contributed by atoms with Gasteiger partial charge in [0.05, 0.1) is 12.0 Å². The molecule has 0 radical (unpaired) electrons. The number of nitriles is 1. The Morgan fingerprint density at radius 3 is 2.38 bits per heavy atom. The highest BCUT2D eigenvalue weighted by molar-refractivity contribution is 6.09. The first kappa shape index (κ1) is 17.7. The number of hydrogen-bond donors (Lipinski definition) is 1. The normalized spacial score (nSPS) is 20.6. The quantitative estimate of drug-likeness (QED) is 0.863. The smallest absolute Gasteiger partial charge is 0.315 e. The molecular weight excluding hydrogens is 326 g/mol. The third-order valence-electron chi connectivity index (χ3n) is 4.93. The van der Waals surface area contributed by atoms with Gasteiger partial charge >= 0.3 is 6.03 Å². The van der Waals surface area contributed by atoms with Crippen LogP contribution in [0.5, 0.6) is 0 Å². The lowest BCUT2D eigenvalue weighted by molar-refractivity contribution is -0.130. The van der Waals surface area contributed by atoms with Crippen molar-refractivity contribution in [1.29, 1.82) is 5.26 Å². The van der Waals surface area contributed by atoms with Crippen molar-refractivity contribution in [2.45, 2.75) is 26.3 Å². The number of carbonyl (C=O) groups excluding carboxylic acids is 2. The molecule has 5 nitrogen and oxygen atoms in total. The van der Waals surface area contributed by atoms with Crippen LogP contribution in [0.1, 0.15) is 29.2 Å². The molecule has 0 saturated carbocycles. The molecular formula is C21H21N3O2. The Bertz CT molecular complexity index is 901. The molecule has 0 unspecified atom stereocenters. The lowest BCUT2D eigenvalue weighted by atomic mass is 9.81. The van der Waals surface area contributed by atoms with Crippen LogP contribution >= 0.6 is 0 Å². The minimum atomic E-state index is -1.27. The number of hydrogen-bond acceptors (Lipinski definition) is 3. The van der Waals surface area contributed by atoms with Crippen LogP contribution in [0.25, 0.3) is 0 Å². The number of aryl methyl sites for hydroxylation is 2. The molecule has 3 rings (SSSR count). The van der Waals surface area contributed by atoms with Crippen molar-refractivity contribution in [3.8, 4) is 6.07 Å². The molecule has 1 heterocycles. The second kappa shape index (κ2) is 6.64. The summed E-state index contributed by atoms with van der Waals surface area (Å²) in [5, 5.41) is 12.0. The summed E-state index contributed by atoms with van der Waals surface area (Å²) in [4.78, 5) is 27.2. The molecule has 2 aromatic rings. The van der Waals surface area contributed by atoms with Crippen LogP contribution in [0, 0.1) is 31.1 Å². The molecule has 0 bridgehead atoms. The van der Waals surface area contributed by atoms with Crippen molar-refractivity contribution in [2.24, 2.45) is 5.92 Å². The monoisotopic (exact) mass is 347 g/mol. The Kier molecular flexibility index (Phi) is 4.52. The van der Waals surface area contributed by atoms with Crippen molar-refractivity contribution < 1.29 is 9.59 Å². The van der Waals surface area contributed by atoms with E-state index in [1.165, 1.54) is 0 Å². The van der Waals surface area contributed by atoms with E-state index in [1.807, 2.05) is 62.4 Å². The summed E-state index contributed by atoms with van der Waals surface area (Å²) in [5.41, 5.74) is 2.31. The molecule has 0 aliphatic carbocycles. The highest BCUT2D eigenvalue weighted by Crippen LogP contribution is 2.37. The van der Waals surface area contributed by atoms with Crippen LogP contribution in [-0.4, -0.2) is 23.4 Å². The first-order valence-corrected chi connectivity index (χ1v) is 8.57. The van der Waals surface area contributed by atoms with E-state index >= 15 is 0 Å². The van der Waals surface area contributed by atoms with Crippen LogP contribution in [0.4, 0.5) is 4.79 Å².